The summed E-state index contributed by atoms with van der Waals surface area (Å²) in [5, 5.41) is 26.5. The number of amides is 2. The maximum absolute atomic E-state index is 13.1. The second kappa shape index (κ2) is 6.81. The Morgan fingerprint density at radius 1 is 1.28 bits per heavy atom. The second-order valence-electron chi connectivity index (χ2n) is 11.1. The van der Waals surface area contributed by atoms with E-state index < -0.39 is 11.6 Å². The largest absolute Gasteiger partial charge is 0.394 e. The highest BCUT2D eigenvalue weighted by Crippen LogP contribution is 2.65. The number of rotatable bonds is 3. The first-order chi connectivity index (χ1) is 13.5. The van der Waals surface area contributed by atoms with Crippen LogP contribution in [-0.2, 0) is 9.59 Å². The summed E-state index contributed by atoms with van der Waals surface area (Å²) in [6.45, 7) is 8.05. The highest BCUT2D eigenvalue weighted by atomic mass is 16.3. The van der Waals surface area contributed by atoms with Gasteiger partial charge in [-0.3, -0.25) is 9.59 Å². The Hall–Kier alpha value is -1.40. The molecule has 0 spiro atoms. The predicted molar refractivity (Wildman–Crippen MR) is 110 cm³/mol. The molecule has 1 heterocycles. The third-order valence-corrected chi connectivity index (χ3v) is 8.87. The molecule has 0 saturated heterocycles. The molecule has 4 N–H and O–H groups in total. The van der Waals surface area contributed by atoms with Gasteiger partial charge in [0, 0.05) is 11.3 Å². The molecule has 162 valence electrons. The Balaban J connectivity index is 1.60. The summed E-state index contributed by atoms with van der Waals surface area (Å²) < 4.78 is 0. The molecule has 0 radical (unpaired) electrons. The van der Waals surface area contributed by atoms with Gasteiger partial charge in [0.15, 0.2) is 0 Å². The van der Waals surface area contributed by atoms with E-state index in [2.05, 4.69) is 24.5 Å². The van der Waals surface area contributed by atoms with Crippen LogP contribution in [0.15, 0.2) is 12.2 Å². The maximum Gasteiger partial charge on any atom is 0.244 e. The average molecular weight is 405 g/mol. The summed E-state index contributed by atoms with van der Waals surface area (Å²) in [7, 11) is 0. The van der Waals surface area contributed by atoms with E-state index in [1.165, 1.54) is 0 Å². The predicted octanol–water partition coefficient (Wildman–Crippen LogP) is 1.76. The van der Waals surface area contributed by atoms with Crippen molar-refractivity contribution in [1.29, 1.82) is 0 Å². The number of nitrogens with one attached hydrogen (secondary N) is 2. The number of hydrogen-bond donors (Lipinski definition) is 4. The molecule has 4 aliphatic rings. The van der Waals surface area contributed by atoms with Crippen LogP contribution in [0.4, 0.5) is 0 Å². The molecular formula is C23H36N2O4. The first-order valence-corrected chi connectivity index (χ1v) is 11.1. The summed E-state index contributed by atoms with van der Waals surface area (Å²) >= 11 is 0. The van der Waals surface area contributed by atoms with Gasteiger partial charge in [0.2, 0.25) is 11.8 Å². The number of carbonyl (C=O) groups is 2. The number of fused-ring (bicyclic) bond motifs is 5. The van der Waals surface area contributed by atoms with Crippen LogP contribution in [0.2, 0.25) is 0 Å². The van der Waals surface area contributed by atoms with E-state index in [9.17, 15) is 19.8 Å². The number of aliphatic hydroxyl groups is 2. The topological polar surface area (TPSA) is 98.7 Å². The van der Waals surface area contributed by atoms with Crippen molar-refractivity contribution in [3.63, 3.8) is 0 Å². The lowest BCUT2D eigenvalue weighted by Crippen LogP contribution is -2.64. The highest BCUT2D eigenvalue weighted by molar-refractivity contribution is 5.89. The molecule has 8 atom stereocenters. The Morgan fingerprint density at radius 3 is 2.69 bits per heavy atom. The van der Waals surface area contributed by atoms with Gasteiger partial charge in [-0.05, 0) is 75.2 Å². The molecule has 3 aliphatic carbocycles. The van der Waals surface area contributed by atoms with Gasteiger partial charge in [-0.15, -0.1) is 0 Å². The minimum Gasteiger partial charge on any atom is -0.394 e. The number of hydrogen-bond acceptors (Lipinski definition) is 4. The third-order valence-electron chi connectivity index (χ3n) is 8.87. The molecule has 0 unspecified atom stereocenters. The fraction of sp³-hybridized carbons (Fsp3) is 0.826. The van der Waals surface area contributed by atoms with Crippen molar-refractivity contribution < 1.29 is 19.8 Å². The van der Waals surface area contributed by atoms with Crippen molar-refractivity contribution in [3.8, 4) is 0 Å². The summed E-state index contributed by atoms with van der Waals surface area (Å²) in [6.07, 6.45) is 7.64. The van der Waals surface area contributed by atoms with E-state index in [1.54, 1.807) is 6.08 Å². The van der Waals surface area contributed by atoms with Crippen molar-refractivity contribution >= 4 is 11.8 Å². The van der Waals surface area contributed by atoms with E-state index in [0.29, 0.717) is 24.2 Å². The van der Waals surface area contributed by atoms with Crippen molar-refractivity contribution in [2.75, 3.05) is 6.61 Å². The molecule has 4 rings (SSSR count). The zero-order valence-corrected chi connectivity index (χ0v) is 18.1. The van der Waals surface area contributed by atoms with Crippen LogP contribution < -0.4 is 10.6 Å². The fourth-order valence-electron chi connectivity index (χ4n) is 7.28. The van der Waals surface area contributed by atoms with Gasteiger partial charge in [0.05, 0.1) is 24.3 Å². The normalized spacial score (nSPS) is 46.3. The van der Waals surface area contributed by atoms with Gasteiger partial charge < -0.3 is 20.8 Å². The molecular weight excluding hydrogens is 368 g/mol. The van der Waals surface area contributed by atoms with Crippen molar-refractivity contribution in [2.24, 2.45) is 34.5 Å². The smallest absolute Gasteiger partial charge is 0.244 e. The van der Waals surface area contributed by atoms with Gasteiger partial charge in [-0.1, -0.05) is 19.9 Å². The van der Waals surface area contributed by atoms with Gasteiger partial charge in [0.25, 0.3) is 0 Å². The standard InChI is InChI=1S/C23H36N2O4/c1-21(2,12-26)25-20(29)16-6-5-14-13-11-17(27)19-23(4,10-8-18(28)24-19)15(13)7-9-22(14,16)3/h8,10,13-17,19,26-27H,5-7,9,11-12H2,1-4H3,(H,24,28)(H,25,29)/t13-,14-,15-,16+,17+,19+,22-,23+/m0/s1. The van der Waals surface area contributed by atoms with Crippen LogP contribution in [0.5, 0.6) is 0 Å². The van der Waals surface area contributed by atoms with E-state index in [4.69, 9.17) is 0 Å². The zero-order valence-electron chi connectivity index (χ0n) is 18.1. The Kier molecular flexibility index (Phi) is 4.90. The minimum atomic E-state index is -0.616. The van der Waals surface area contributed by atoms with Crippen LogP contribution in [0, 0.1) is 34.5 Å². The molecule has 29 heavy (non-hydrogen) atoms. The van der Waals surface area contributed by atoms with Crippen LogP contribution in [0.3, 0.4) is 0 Å². The molecule has 3 fully saturated rings. The van der Waals surface area contributed by atoms with E-state index >= 15 is 0 Å². The van der Waals surface area contributed by atoms with Crippen molar-refractivity contribution in [2.45, 2.75) is 77.5 Å². The highest BCUT2D eigenvalue weighted by Gasteiger charge is 2.62. The Labute approximate surface area is 173 Å². The Bertz CT molecular complexity index is 734. The fourth-order valence-corrected chi connectivity index (χ4v) is 7.28. The molecule has 0 bridgehead atoms. The molecule has 6 heteroatoms. The van der Waals surface area contributed by atoms with Gasteiger partial charge >= 0.3 is 0 Å². The molecule has 0 aromatic heterocycles. The number of carbonyl (C=O) groups excluding carboxylic acids is 2. The minimum absolute atomic E-state index is 0.0523. The Morgan fingerprint density at radius 2 is 2.00 bits per heavy atom. The van der Waals surface area contributed by atoms with E-state index in [1.807, 2.05) is 19.9 Å². The molecule has 2 amide bonds. The van der Waals surface area contributed by atoms with E-state index in [-0.39, 0.29) is 41.2 Å². The summed E-state index contributed by atoms with van der Waals surface area (Å²) in [5.74, 6) is 1.04. The zero-order chi connectivity index (χ0) is 21.2. The quantitative estimate of drug-likeness (QED) is 0.576. The molecule has 6 nitrogen and oxygen atoms in total. The van der Waals surface area contributed by atoms with Crippen molar-refractivity contribution in [1.82, 2.24) is 10.6 Å². The summed E-state index contributed by atoms with van der Waals surface area (Å²) in [6, 6.07) is -0.226. The van der Waals surface area contributed by atoms with Gasteiger partial charge in [0.1, 0.15) is 0 Å². The van der Waals surface area contributed by atoms with Crippen LogP contribution in [0.1, 0.15) is 59.8 Å². The summed E-state index contributed by atoms with van der Waals surface area (Å²) in [4.78, 5) is 25.0. The first-order valence-electron chi connectivity index (χ1n) is 11.1. The lowest BCUT2D eigenvalue weighted by atomic mass is 9.47. The SMILES string of the molecule is CC(C)(CO)NC(=O)[C@H]1CC[C@H]2[C@@H]3C[C@@H](O)[C@H]4NC(=O)C=C[C@]4(C)[C@H]3CC[C@]12C. The van der Waals surface area contributed by atoms with Crippen molar-refractivity contribution in [3.05, 3.63) is 12.2 Å². The second-order valence-corrected chi connectivity index (χ2v) is 11.1. The third kappa shape index (κ3) is 3.14. The monoisotopic (exact) mass is 404 g/mol. The lowest BCUT2D eigenvalue weighted by Gasteiger charge is -2.60. The van der Waals surface area contributed by atoms with E-state index in [0.717, 1.165) is 25.7 Å². The molecule has 0 aromatic rings. The van der Waals surface area contributed by atoms with Gasteiger partial charge in [-0.2, -0.15) is 0 Å². The van der Waals surface area contributed by atoms with Crippen LogP contribution >= 0.6 is 0 Å². The number of aliphatic hydroxyl groups excluding tert-OH is 2. The average Bonchev–Trinajstić information content (AvgIpc) is 3.00. The summed E-state index contributed by atoms with van der Waals surface area (Å²) in [5.41, 5.74) is -0.937. The molecule has 0 aromatic carbocycles. The van der Waals surface area contributed by atoms with Crippen LogP contribution in [-0.4, -0.2) is 46.3 Å². The van der Waals surface area contributed by atoms with Gasteiger partial charge in [-0.25, -0.2) is 0 Å². The van der Waals surface area contributed by atoms with Crippen LogP contribution in [0.25, 0.3) is 0 Å². The maximum atomic E-state index is 13.1. The molecule has 3 saturated carbocycles. The first kappa shape index (κ1) is 20.9. The molecule has 1 aliphatic heterocycles. The lowest BCUT2D eigenvalue weighted by molar-refractivity contribution is -0.142.